The molecule has 0 atom stereocenters. The SMILES string of the molecule is CN(C)S(=O)(=O)c1ccc(CNC(=O)c2ccnc(OCc3ccccc3)c2)cc1. The van der Waals surface area contributed by atoms with Crippen LogP contribution in [0, 0.1) is 0 Å². The number of pyridine rings is 1. The fourth-order valence-electron chi connectivity index (χ4n) is 2.64. The first-order valence-corrected chi connectivity index (χ1v) is 10.7. The minimum Gasteiger partial charge on any atom is -0.473 e. The second kappa shape index (κ2) is 9.51. The highest BCUT2D eigenvalue weighted by Gasteiger charge is 2.16. The first-order valence-electron chi connectivity index (χ1n) is 9.29. The fourth-order valence-corrected chi connectivity index (χ4v) is 3.54. The highest BCUT2D eigenvalue weighted by atomic mass is 32.2. The average Bonchev–Trinajstić information content (AvgIpc) is 2.77. The van der Waals surface area contributed by atoms with Crippen LogP contribution in [0.3, 0.4) is 0 Å². The molecule has 0 aliphatic rings. The van der Waals surface area contributed by atoms with E-state index < -0.39 is 10.0 Å². The number of amides is 1. The van der Waals surface area contributed by atoms with Gasteiger partial charge in [-0.1, -0.05) is 42.5 Å². The molecule has 0 radical (unpaired) electrons. The van der Waals surface area contributed by atoms with Gasteiger partial charge >= 0.3 is 0 Å². The number of hydrogen-bond acceptors (Lipinski definition) is 5. The summed E-state index contributed by atoms with van der Waals surface area (Å²) in [5.74, 6) is 0.0942. The first kappa shape index (κ1) is 21.5. The lowest BCUT2D eigenvalue weighted by molar-refractivity contribution is 0.0950. The normalized spacial score (nSPS) is 11.3. The Balaban J connectivity index is 1.58. The van der Waals surface area contributed by atoms with E-state index in [-0.39, 0.29) is 17.3 Å². The Morgan fingerprint density at radius 2 is 1.70 bits per heavy atom. The van der Waals surface area contributed by atoms with Gasteiger partial charge in [0.1, 0.15) is 6.61 Å². The Hall–Kier alpha value is -3.23. The molecule has 1 heterocycles. The number of ether oxygens (including phenoxy) is 1. The third-order valence-electron chi connectivity index (χ3n) is 4.38. The van der Waals surface area contributed by atoms with Crippen molar-refractivity contribution in [2.24, 2.45) is 0 Å². The van der Waals surface area contributed by atoms with Gasteiger partial charge in [-0.25, -0.2) is 17.7 Å². The summed E-state index contributed by atoms with van der Waals surface area (Å²) in [7, 11) is -0.509. The Morgan fingerprint density at radius 1 is 1.00 bits per heavy atom. The summed E-state index contributed by atoms with van der Waals surface area (Å²) in [6.07, 6.45) is 1.52. The van der Waals surface area contributed by atoms with E-state index in [9.17, 15) is 13.2 Å². The monoisotopic (exact) mass is 425 g/mol. The molecule has 0 saturated carbocycles. The molecule has 0 fully saturated rings. The Bertz CT molecular complexity index is 1100. The zero-order valence-electron chi connectivity index (χ0n) is 16.8. The molecule has 2 aromatic carbocycles. The molecule has 1 N–H and O–H groups in total. The second-order valence-electron chi connectivity index (χ2n) is 6.77. The molecule has 0 bridgehead atoms. The molecule has 0 aliphatic heterocycles. The number of nitrogens with zero attached hydrogens (tertiary/aromatic N) is 2. The van der Waals surface area contributed by atoms with Crippen molar-refractivity contribution >= 4 is 15.9 Å². The molecule has 0 unspecified atom stereocenters. The summed E-state index contributed by atoms with van der Waals surface area (Å²) in [6.45, 7) is 0.630. The number of hydrogen-bond donors (Lipinski definition) is 1. The van der Waals surface area contributed by atoms with Crippen molar-refractivity contribution in [3.8, 4) is 5.88 Å². The summed E-state index contributed by atoms with van der Waals surface area (Å²) in [4.78, 5) is 16.8. The number of carbonyl (C=O) groups is 1. The number of nitrogens with one attached hydrogen (secondary N) is 1. The van der Waals surface area contributed by atoms with Crippen LogP contribution in [0.15, 0.2) is 77.8 Å². The number of aromatic nitrogens is 1. The van der Waals surface area contributed by atoms with Crippen LogP contribution in [0.2, 0.25) is 0 Å². The van der Waals surface area contributed by atoms with Gasteiger partial charge in [-0.15, -0.1) is 0 Å². The van der Waals surface area contributed by atoms with Crippen LogP contribution in [0.1, 0.15) is 21.5 Å². The minimum atomic E-state index is -3.47. The molecule has 1 aromatic heterocycles. The zero-order chi connectivity index (χ0) is 21.6. The van der Waals surface area contributed by atoms with Gasteiger partial charge in [0, 0.05) is 38.5 Å². The topological polar surface area (TPSA) is 88.6 Å². The largest absolute Gasteiger partial charge is 0.473 e. The molecule has 0 saturated heterocycles. The molecule has 3 rings (SSSR count). The van der Waals surface area contributed by atoms with E-state index in [0.717, 1.165) is 15.4 Å². The van der Waals surface area contributed by atoms with E-state index in [1.165, 1.54) is 32.4 Å². The highest BCUT2D eigenvalue weighted by molar-refractivity contribution is 7.89. The lowest BCUT2D eigenvalue weighted by Gasteiger charge is -2.12. The van der Waals surface area contributed by atoms with E-state index in [4.69, 9.17) is 4.74 Å². The lowest BCUT2D eigenvalue weighted by atomic mass is 10.2. The molecule has 7 nitrogen and oxygen atoms in total. The van der Waals surface area contributed by atoms with Gasteiger partial charge in [0.15, 0.2) is 0 Å². The number of carbonyl (C=O) groups excluding carboxylic acids is 1. The van der Waals surface area contributed by atoms with Gasteiger partial charge in [-0.2, -0.15) is 0 Å². The Morgan fingerprint density at radius 3 is 2.37 bits per heavy atom. The van der Waals surface area contributed by atoms with E-state index in [1.807, 2.05) is 30.3 Å². The van der Waals surface area contributed by atoms with E-state index in [0.29, 0.717) is 18.1 Å². The van der Waals surface area contributed by atoms with Crippen molar-refractivity contribution in [3.63, 3.8) is 0 Å². The molecule has 30 heavy (non-hydrogen) atoms. The Labute approximate surface area is 176 Å². The van der Waals surface area contributed by atoms with Crippen molar-refractivity contribution in [2.75, 3.05) is 14.1 Å². The molecule has 0 spiro atoms. The van der Waals surface area contributed by atoms with Crippen LogP contribution in [0.25, 0.3) is 0 Å². The minimum absolute atomic E-state index is 0.205. The molecule has 3 aromatic rings. The van der Waals surface area contributed by atoms with Gasteiger partial charge in [0.25, 0.3) is 5.91 Å². The maximum absolute atomic E-state index is 12.5. The van der Waals surface area contributed by atoms with Gasteiger partial charge in [0.05, 0.1) is 4.90 Å². The molecule has 156 valence electrons. The van der Waals surface area contributed by atoms with Gasteiger partial charge in [-0.05, 0) is 29.3 Å². The van der Waals surface area contributed by atoms with Crippen molar-refractivity contribution in [3.05, 3.63) is 89.6 Å². The highest BCUT2D eigenvalue weighted by Crippen LogP contribution is 2.15. The average molecular weight is 426 g/mol. The van der Waals surface area contributed by atoms with Crippen LogP contribution in [-0.2, 0) is 23.2 Å². The van der Waals surface area contributed by atoms with Crippen LogP contribution in [0.4, 0.5) is 0 Å². The van der Waals surface area contributed by atoms with Crippen molar-refractivity contribution in [1.29, 1.82) is 0 Å². The maximum Gasteiger partial charge on any atom is 0.251 e. The Kier molecular flexibility index (Phi) is 6.81. The van der Waals surface area contributed by atoms with Crippen LogP contribution in [-0.4, -0.2) is 37.7 Å². The first-order chi connectivity index (χ1) is 14.4. The van der Waals surface area contributed by atoms with Gasteiger partial charge < -0.3 is 10.1 Å². The van der Waals surface area contributed by atoms with Crippen LogP contribution < -0.4 is 10.1 Å². The predicted octanol–water partition coefficient (Wildman–Crippen LogP) is 2.84. The summed E-state index contributed by atoms with van der Waals surface area (Å²) in [5.41, 5.74) is 2.23. The molecular weight excluding hydrogens is 402 g/mol. The molecule has 0 aliphatic carbocycles. The maximum atomic E-state index is 12.5. The van der Waals surface area contributed by atoms with E-state index in [1.54, 1.807) is 24.3 Å². The van der Waals surface area contributed by atoms with Crippen molar-refractivity contribution < 1.29 is 17.9 Å². The summed E-state index contributed by atoms with van der Waals surface area (Å²) in [6, 6.07) is 19.3. The number of sulfonamides is 1. The predicted molar refractivity (Wildman–Crippen MR) is 113 cm³/mol. The fraction of sp³-hybridized carbons (Fsp3) is 0.182. The standard InChI is InChI=1S/C22H23N3O4S/c1-25(2)30(27,28)20-10-8-17(9-11-20)15-24-22(26)19-12-13-23-21(14-19)29-16-18-6-4-3-5-7-18/h3-14H,15-16H2,1-2H3,(H,24,26). The summed E-state index contributed by atoms with van der Waals surface area (Å²) in [5, 5.41) is 2.82. The lowest BCUT2D eigenvalue weighted by Crippen LogP contribution is -2.23. The van der Waals surface area contributed by atoms with Gasteiger partial charge in [-0.3, -0.25) is 4.79 Å². The van der Waals surface area contributed by atoms with Crippen LogP contribution in [0.5, 0.6) is 5.88 Å². The summed E-state index contributed by atoms with van der Waals surface area (Å²) < 4.78 is 31.0. The quantitative estimate of drug-likeness (QED) is 0.600. The molecule has 8 heteroatoms. The zero-order valence-corrected chi connectivity index (χ0v) is 17.6. The van der Waals surface area contributed by atoms with Gasteiger partial charge in [0.2, 0.25) is 15.9 Å². The second-order valence-corrected chi connectivity index (χ2v) is 8.92. The third-order valence-corrected chi connectivity index (χ3v) is 6.21. The van der Waals surface area contributed by atoms with E-state index >= 15 is 0 Å². The molecule has 1 amide bonds. The summed E-state index contributed by atoms with van der Waals surface area (Å²) >= 11 is 0. The van der Waals surface area contributed by atoms with Crippen LogP contribution >= 0.6 is 0 Å². The number of benzene rings is 2. The van der Waals surface area contributed by atoms with Crippen molar-refractivity contribution in [1.82, 2.24) is 14.6 Å². The third kappa shape index (κ3) is 5.43. The van der Waals surface area contributed by atoms with E-state index in [2.05, 4.69) is 10.3 Å². The van der Waals surface area contributed by atoms with Crippen molar-refractivity contribution in [2.45, 2.75) is 18.0 Å². The smallest absolute Gasteiger partial charge is 0.251 e. The number of rotatable bonds is 8. The molecular formula is C22H23N3O4S.